The number of carbonyl (C=O) groups is 2. The maximum atomic E-state index is 11.8. The van der Waals surface area contributed by atoms with Gasteiger partial charge in [-0.1, -0.05) is 44.2 Å². The van der Waals surface area contributed by atoms with Gasteiger partial charge >= 0.3 is 6.03 Å². The average molecular weight is 305 g/mol. The van der Waals surface area contributed by atoms with Crippen molar-refractivity contribution in [1.82, 2.24) is 10.6 Å². The van der Waals surface area contributed by atoms with Gasteiger partial charge in [-0.05, 0) is 37.7 Å². The number of benzene rings is 1. The fourth-order valence-corrected chi connectivity index (χ4v) is 2.21. The van der Waals surface area contributed by atoms with Crippen LogP contribution in [0, 0.1) is 5.92 Å². The normalized spacial score (nSPS) is 13.5. The lowest BCUT2D eigenvalue weighted by molar-refractivity contribution is -0.308. The van der Waals surface area contributed by atoms with Crippen LogP contribution in [0.15, 0.2) is 30.3 Å². The van der Waals surface area contributed by atoms with Crippen molar-refractivity contribution >= 4 is 12.0 Å². The Morgan fingerprint density at radius 2 is 1.73 bits per heavy atom. The van der Waals surface area contributed by atoms with E-state index in [9.17, 15) is 14.7 Å². The van der Waals surface area contributed by atoms with Crippen LogP contribution in [-0.4, -0.2) is 24.1 Å². The summed E-state index contributed by atoms with van der Waals surface area (Å²) in [4.78, 5) is 22.9. The van der Waals surface area contributed by atoms with E-state index in [4.69, 9.17) is 0 Å². The molecule has 0 saturated carbocycles. The molecule has 0 spiro atoms. The van der Waals surface area contributed by atoms with Crippen molar-refractivity contribution in [3.05, 3.63) is 35.9 Å². The number of aliphatic carboxylic acids is 1. The topological polar surface area (TPSA) is 81.3 Å². The van der Waals surface area contributed by atoms with E-state index in [-0.39, 0.29) is 12.0 Å². The number of rotatable bonds is 8. The molecule has 0 saturated heterocycles. The standard InChI is InChI=1S/C17H26N2O3/c1-12(2)11-15(16(20)21)19-17(22)18-13(3)9-10-14-7-5-4-6-8-14/h4-8,12-13,15H,9-11H2,1-3H3,(H,20,21)(H2,18,19,22)/p-1/t13-,15+/m1/s1. The van der Waals surface area contributed by atoms with Gasteiger partial charge < -0.3 is 20.5 Å². The molecule has 2 N–H and O–H groups in total. The third kappa shape index (κ3) is 7.11. The molecule has 2 amide bonds. The van der Waals surface area contributed by atoms with E-state index in [1.54, 1.807) is 0 Å². The van der Waals surface area contributed by atoms with Crippen molar-refractivity contribution < 1.29 is 14.7 Å². The first-order valence-corrected chi connectivity index (χ1v) is 7.70. The molecule has 2 atom stereocenters. The van der Waals surface area contributed by atoms with E-state index in [1.807, 2.05) is 51.1 Å². The van der Waals surface area contributed by atoms with Crippen molar-refractivity contribution in [2.75, 3.05) is 0 Å². The molecule has 0 heterocycles. The predicted octanol–water partition coefficient (Wildman–Crippen LogP) is 1.47. The fraction of sp³-hybridized carbons (Fsp3) is 0.529. The second-order valence-electron chi connectivity index (χ2n) is 6.04. The molecule has 5 heteroatoms. The summed E-state index contributed by atoms with van der Waals surface area (Å²) in [6.07, 6.45) is 2.00. The highest BCUT2D eigenvalue weighted by Crippen LogP contribution is 2.06. The summed E-state index contributed by atoms with van der Waals surface area (Å²) in [7, 11) is 0. The molecule has 1 aromatic carbocycles. The van der Waals surface area contributed by atoms with E-state index >= 15 is 0 Å². The zero-order chi connectivity index (χ0) is 16.5. The van der Waals surface area contributed by atoms with Crippen LogP contribution in [-0.2, 0) is 11.2 Å². The second-order valence-corrected chi connectivity index (χ2v) is 6.04. The highest BCUT2D eigenvalue weighted by Gasteiger charge is 2.16. The summed E-state index contributed by atoms with van der Waals surface area (Å²) in [6, 6.07) is 8.56. The van der Waals surface area contributed by atoms with Gasteiger partial charge in [0.2, 0.25) is 0 Å². The molecule has 1 rings (SSSR count). The van der Waals surface area contributed by atoms with Crippen molar-refractivity contribution in [1.29, 1.82) is 0 Å². The summed E-state index contributed by atoms with van der Waals surface area (Å²) in [6.45, 7) is 5.70. The summed E-state index contributed by atoms with van der Waals surface area (Å²) >= 11 is 0. The number of hydrogen-bond acceptors (Lipinski definition) is 3. The molecule has 0 unspecified atom stereocenters. The number of carboxylic acids is 1. The number of urea groups is 1. The maximum Gasteiger partial charge on any atom is 0.315 e. The van der Waals surface area contributed by atoms with Crippen LogP contribution in [0.1, 0.15) is 39.2 Å². The SMILES string of the molecule is CC(C)C[C@H](NC(=O)N[C@H](C)CCc1ccccc1)C(=O)[O-]. The molecule has 0 aliphatic heterocycles. The van der Waals surface area contributed by atoms with E-state index in [0.29, 0.717) is 6.42 Å². The van der Waals surface area contributed by atoms with Crippen molar-refractivity contribution in [3.63, 3.8) is 0 Å². The Kier molecular flexibility index (Phi) is 7.43. The molecular weight excluding hydrogens is 280 g/mol. The Morgan fingerprint density at radius 3 is 2.27 bits per heavy atom. The van der Waals surface area contributed by atoms with Gasteiger partial charge in [0, 0.05) is 6.04 Å². The molecule has 0 fully saturated rings. The highest BCUT2D eigenvalue weighted by atomic mass is 16.4. The summed E-state index contributed by atoms with van der Waals surface area (Å²) in [5, 5.41) is 16.2. The highest BCUT2D eigenvalue weighted by molar-refractivity contribution is 5.81. The number of carboxylic acid groups (broad SMARTS) is 1. The van der Waals surface area contributed by atoms with Gasteiger partial charge in [0.15, 0.2) is 0 Å². The Bertz CT molecular complexity index is 474. The predicted molar refractivity (Wildman–Crippen MR) is 84.1 cm³/mol. The van der Waals surface area contributed by atoms with Crippen molar-refractivity contribution in [2.45, 2.75) is 52.1 Å². The quantitative estimate of drug-likeness (QED) is 0.763. The lowest BCUT2D eigenvalue weighted by atomic mass is 10.0. The molecule has 0 radical (unpaired) electrons. The third-order valence-electron chi connectivity index (χ3n) is 3.38. The van der Waals surface area contributed by atoms with Gasteiger partial charge in [0.25, 0.3) is 0 Å². The Labute approximate surface area is 132 Å². The zero-order valence-electron chi connectivity index (χ0n) is 13.5. The molecule has 0 bridgehead atoms. The molecular formula is C17H25N2O3-. The van der Waals surface area contributed by atoms with Crippen LogP contribution < -0.4 is 15.7 Å². The van der Waals surface area contributed by atoms with Crippen LogP contribution in [0.4, 0.5) is 4.79 Å². The number of hydrogen-bond donors (Lipinski definition) is 2. The van der Waals surface area contributed by atoms with Gasteiger partial charge in [-0.25, -0.2) is 4.79 Å². The zero-order valence-corrected chi connectivity index (χ0v) is 13.5. The summed E-state index contributed by atoms with van der Waals surface area (Å²) in [5.41, 5.74) is 1.21. The molecule has 122 valence electrons. The smallest absolute Gasteiger partial charge is 0.315 e. The van der Waals surface area contributed by atoms with E-state index in [0.717, 1.165) is 12.8 Å². The molecule has 1 aromatic rings. The molecule has 0 aliphatic carbocycles. The molecule has 0 aliphatic rings. The first-order valence-electron chi connectivity index (χ1n) is 7.70. The Morgan fingerprint density at radius 1 is 1.09 bits per heavy atom. The molecule has 22 heavy (non-hydrogen) atoms. The van der Waals surface area contributed by atoms with Gasteiger partial charge in [-0.3, -0.25) is 0 Å². The average Bonchev–Trinajstić information content (AvgIpc) is 2.45. The van der Waals surface area contributed by atoms with Crippen molar-refractivity contribution in [2.24, 2.45) is 5.92 Å². The minimum absolute atomic E-state index is 0.0401. The van der Waals surface area contributed by atoms with Gasteiger partial charge in [0.1, 0.15) is 0 Å². The minimum atomic E-state index is -1.25. The number of aryl methyl sites for hydroxylation is 1. The number of nitrogens with one attached hydrogen (secondary N) is 2. The molecule has 0 aromatic heterocycles. The largest absolute Gasteiger partial charge is 0.548 e. The second kappa shape index (κ2) is 9.07. The van der Waals surface area contributed by atoms with Crippen LogP contribution in [0.3, 0.4) is 0 Å². The number of amides is 2. The Balaban J connectivity index is 2.38. The van der Waals surface area contributed by atoms with Crippen LogP contribution >= 0.6 is 0 Å². The summed E-state index contributed by atoms with van der Waals surface area (Å²) in [5.74, 6) is -1.08. The van der Waals surface area contributed by atoms with E-state index < -0.39 is 18.0 Å². The van der Waals surface area contributed by atoms with Crippen LogP contribution in [0.5, 0.6) is 0 Å². The van der Waals surface area contributed by atoms with Crippen LogP contribution in [0.25, 0.3) is 0 Å². The summed E-state index contributed by atoms with van der Waals surface area (Å²) < 4.78 is 0. The lowest BCUT2D eigenvalue weighted by Crippen LogP contribution is -2.52. The van der Waals surface area contributed by atoms with E-state index in [1.165, 1.54) is 5.56 Å². The lowest BCUT2D eigenvalue weighted by Gasteiger charge is -2.23. The monoisotopic (exact) mass is 305 g/mol. The van der Waals surface area contributed by atoms with Gasteiger partial charge in [0.05, 0.1) is 12.0 Å². The van der Waals surface area contributed by atoms with Crippen molar-refractivity contribution in [3.8, 4) is 0 Å². The van der Waals surface area contributed by atoms with Gasteiger partial charge in [-0.15, -0.1) is 0 Å². The minimum Gasteiger partial charge on any atom is -0.548 e. The number of carbonyl (C=O) groups excluding carboxylic acids is 2. The molecule has 5 nitrogen and oxygen atoms in total. The van der Waals surface area contributed by atoms with Crippen LogP contribution in [0.2, 0.25) is 0 Å². The third-order valence-corrected chi connectivity index (χ3v) is 3.38. The fourth-order valence-electron chi connectivity index (χ4n) is 2.21. The first-order chi connectivity index (χ1) is 10.4. The first kappa shape index (κ1) is 18.0. The van der Waals surface area contributed by atoms with E-state index in [2.05, 4.69) is 10.6 Å². The Hall–Kier alpha value is -2.04. The van der Waals surface area contributed by atoms with Gasteiger partial charge in [-0.2, -0.15) is 0 Å². The maximum absolute atomic E-state index is 11.8.